The van der Waals surface area contributed by atoms with Crippen molar-refractivity contribution in [1.82, 2.24) is 0 Å². The van der Waals surface area contributed by atoms with Crippen LogP contribution in [-0.2, 0) is 0 Å². The first-order valence-electron chi connectivity index (χ1n) is 5.37. The van der Waals surface area contributed by atoms with Gasteiger partial charge >= 0.3 is 0 Å². The van der Waals surface area contributed by atoms with Crippen LogP contribution in [0.2, 0.25) is 0 Å². The van der Waals surface area contributed by atoms with E-state index in [2.05, 4.69) is 21.2 Å². The van der Waals surface area contributed by atoms with Gasteiger partial charge in [0, 0.05) is 10.0 Å². The number of carbonyl (C=O) groups is 1. The minimum atomic E-state index is -0.405. The lowest BCUT2D eigenvalue weighted by Gasteiger charge is -2.07. The molecule has 0 atom stereocenters. The molecule has 0 fully saturated rings. The van der Waals surface area contributed by atoms with Crippen LogP contribution in [0, 0.1) is 17.1 Å². The number of benzene rings is 2. The Bertz CT molecular complexity index is 662. The number of nitrogens with zero attached hydrogens (tertiary/aromatic N) is 1. The molecule has 3 nitrogen and oxygen atoms in total. The minimum Gasteiger partial charge on any atom is -0.321 e. The molecule has 0 saturated heterocycles. The zero-order chi connectivity index (χ0) is 13.8. The van der Waals surface area contributed by atoms with Crippen molar-refractivity contribution in [2.24, 2.45) is 0 Å². The van der Waals surface area contributed by atoms with E-state index in [0.29, 0.717) is 16.8 Å². The van der Waals surface area contributed by atoms with E-state index in [4.69, 9.17) is 5.26 Å². The second-order valence-corrected chi connectivity index (χ2v) is 4.68. The molecule has 2 aromatic rings. The molecular weight excluding hydrogens is 311 g/mol. The Kier molecular flexibility index (Phi) is 3.93. The van der Waals surface area contributed by atoms with Crippen molar-refractivity contribution in [1.29, 1.82) is 5.26 Å². The van der Waals surface area contributed by atoms with Crippen molar-refractivity contribution >= 4 is 27.5 Å². The number of nitriles is 1. The summed E-state index contributed by atoms with van der Waals surface area (Å²) in [6.45, 7) is 0. The van der Waals surface area contributed by atoms with E-state index in [9.17, 15) is 9.18 Å². The molecule has 0 spiro atoms. The van der Waals surface area contributed by atoms with Gasteiger partial charge < -0.3 is 5.32 Å². The number of halogens is 2. The van der Waals surface area contributed by atoms with Crippen LogP contribution in [0.1, 0.15) is 15.9 Å². The van der Waals surface area contributed by atoms with Crippen LogP contribution in [0.3, 0.4) is 0 Å². The summed E-state index contributed by atoms with van der Waals surface area (Å²) < 4.78 is 13.5. The predicted octanol–water partition coefficient (Wildman–Crippen LogP) is 3.71. The lowest BCUT2D eigenvalue weighted by molar-refractivity contribution is 0.102. The van der Waals surface area contributed by atoms with E-state index in [1.165, 1.54) is 24.3 Å². The van der Waals surface area contributed by atoms with Gasteiger partial charge in [0.15, 0.2) is 0 Å². The van der Waals surface area contributed by atoms with Crippen molar-refractivity contribution in [2.75, 3.05) is 5.32 Å². The molecule has 0 aliphatic carbocycles. The third-order valence-corrected chi connectivity index (χ3v) is 2.95. The van der Waals surface area contributed by atoms with Crippen LogP contribution in [0.4, 0.5) is 10.1 Å². The fourth-order valence-corrected chi connectivity index (χ4v) is 1.87. The molecule has 0 unspecified atom stereocenters. The van der Waals surface area contributed by atoms with E-state index in [0.717, 1.165) is 4.47 Å². The van der Waals surface area contributed by atoms with Gasteiger partial charge in [-0.15, -0.1) is 0 Å². The van der Waals surface area contributed by atoms with E-state index in [-0.39, 0.29) is 5.91 Å². The molecule has 0 aromatic heterocycles. The number of rotatable bonds is 2. The number of nitrogens with one attached hydrogen (secondary N) is 1. The van der Waals surface area contributed by atoms with Crippen LogP contribution in [0.15, 0.2) is 46.9 Å². The molecule has 1 N–H and O–H groups in total. The molecule has 0 radical (unpaired) electrons. The Morgan fingerprint density at radius 1 is 1.21 bits per heavy atom. The normalized spacial score (nSPS) is 9.74. The molecule has 0 aliphatic rings. The molecule has 0 heterocycles. The highest BCUT2D eigenvalue weighted by Gasteiger charge is 2.09. The Hall–Kier alpha value is -2.19. The van der Waals surface area contributed by atoms with Gasteiger partial charge in [0.2, 0.25) is 0 Å². The number of carbonyl (C=O) groups excluding carboxylic acids is 1. The highest BCUT2D eigenvalue weighted by molar-refractivity contribution is 9.10. The smallest absolute Gasteiger partial charge is 0.255 e. The number of hydrogen-bond acceptors (Lipinski definition) is 2. The topological polar surface area (TPSA) is 52.9 Å². The van der Waals surface area contributed by atoms with Crippen molar-refractivity contribution < 1.29 is 9.18 Å². The minimum absolute atomic E-state index is 0.327. The zero-order valence-corrected chi connectivity index (χ0v) is 11.2. The molecule has 0 bridgehead atoms. The Balaban J connectivity index is 2.24. The van der Waals surface area contributed by atoms with Gasteiger partial charge in [0.25, 0.3) is 5.91 Å². The largest absolute Gasteiger partial charge is 0.321 e. The highest BCUT2D eigenvalue weighted by atomic mass is 79.9. The summed E-state index contributed by atoms with van der Waals surface area (Å²) in [4.78, 5) is 11.9. The maximum absolute atomic E-state index is 12.8. The molecule has 0 saturated carbocycles. The standard InChI is InChI=1S/C14H8BrFN2O/c15-11-3-6-13(10(7-11)8-17)18-14(19)9-1-4-12(16)5-2-9/h1-7H,(H,18,19). The lowest BCUT2D eigenvalue weighted by atomic mass is 10.1. The summed E-state index contributed by atoms with van der Waals surface area (Å²) in [5.74, 6) is -0.795. The molecule has 1 amide bonds. The van der Waals surface area contributed by atoms with Crippen molar-refractivity contribution in [3.63, 3.8) is 0 Å². The van der Waals surface area contributed by atoms with Crippen LogP contribution < -0.4 is 5.32 Å². The first-order valence-corrected chi connectivity index (χ1v) is 6.16. The molecule has 0 aliphatic heterocycles. The molecule has 2 rings (SSSR count). The van der Waals surface area contributed by atoms with Gasteiger partial charge in [-0.25, -0.2) is 4.39 Å². The maximum atomic E-state index is 12.8. The maximum Gasteiger partial charge on any atom is 0.255 e. The van der Waals surface area contributed by atoms with E-state index in [1.807, 2.05) is 6.07 Å². The summed E-state index contributed by atoms with van der Waals surface area (Å²) in [7, 11) is 0. The van der Waals surface area contributed by atoms with E-state index >= 15 is 0 Å². The van der Waals surface area contributed by atoms with E-state index < -0.39 is 5.82 Å². The third-order valence-electron chi connectivity index (χ3n) is 2.46. The third kappa shape index (κ3) is 3.18. The van der Waals surface area contributed by atoms with Gasteiger partial charge in [-0.1, -0.05) is 15.9 Å². The highest BCUT2D eigenvalue weighted by Crippen LogP contribution is 2.21. The van der Waals surface area contributed by atoms with Crippen LogP contribution in [0.25, 0.3) is 0 Å². The molecule has 2 aromatic carbocycles. The number of amides is 1. The van der Waals surface area contributed by atoms with E-state index in [1.54, 1.807) is 18.2 Å². The van der Waals surface area contributed by atoms with Crippen molar-refractivity contribution in [3.8, 4) is 6.07 Å². The van der Waals surface area contributed by atoms with Gasteiger partial charge in [-0.05, 0) is 42.5 Å². The second kappa shape index (κ2) is 5.63. The van der Waals surface area contributed by atoms with Crippen molar-refractivity contribution in [2.45, 2.75) is 0 Å². The summed E-state index contributed by atoms with van der Waals surface area (Å²) >= 11 is 3.25. The predicted molar refractivity (Wildman–Crippen MR) is 73.2 cm³/mol. The fraction of sp³-hybridized carbons (Fsp3) is 0. The molecule has 19 heavy (non-hydrogen) atoms. The number of hydrogen-bond donors (Lipinski definition) is 1. The zero-order valence-electron chi connectivity index (χ0n) is 9.65. The fourth-order valence-electron chi connectivity index (χ4n) is 1.51. The Morgan fingerprint density at radius 2 is 1.89 bits per heavy atom. The summed E-state index contributed by atoms with van der Waals surface area (Å²) in [6, 6.07) is 12.2. The van der Waals surface area contributed by atoms with Crippen molar-refractivity contribution in [3.05, 3.63) is 63.9 Å². The monoisotopic (exact) mass is 318 g/mol. The van der Waals surface area contributed by atoms with Crippen LogP contribution in [0.5, 0.6) is 0 Å². The number of anilines is 1. The first-order chi connectivity index (χ1) is 9.10. The first kappa shape index (κ1) is 13.2. The van der Waals surface area contributed by atoms with Gasteiger partial charge in [0.05, 0.1) is 11.3 Å². The molecule has 94 valence electrons. The van der Waals surface area contributed by atoms with Gasteiger partial charge in [-0.3, -0.25) is 4.79 Å². The molecular formula is C14H8BrFN2O. The van der Waals surface area contributed by atoms with Gasteiger partial charge in [-0.2, -0.15) is 5.26 Å². The van der Waals surface area contributed by atoms with Gasteiger partial charge in [0.1, 0.15) is 11.9 Å². The SMILES string of the molecule is N#Cc1cc(Br)ccc1NC(=O)c1ccc(F)cc1. The second-order valence-electron chi connectivity index (χ2n) is 3.76. The Labute approximate surface area is 117 Å². The summed E-state index contributed by atoms with van der Waals surface area (Å²) in [6.07, 6.45) is 0. The molecule has 5 heteroatoms. The Morgan fingerprint density at radius 3 is 2.53 bits per heavy atom. The average molecular weight is 319 g/mol. The summed E-state index contributed by atoms with van der Waals surface area (Å²) in [5, 5.41) is 11.6. The quantitative estimate of drug-likeness (QED) is 0.917. The lowest BCUT2D eigenvalue weighted by Crippen LogP contribution is -2.12. The van der Waals surface area contributed by atoms with Crippen LogP contribution in [-0.4, -0.2) is 5.91 Å². The summed E-state index contributed by atoms with van der Waals surface area (Å²) in [5.41, 5.74) is 1.10. The average Bonchev–Trinajstić information content (AvgIpc) is 2.41. The van der Waals surface area contributed by atoms with Crippen LogP contribution >= 0.6 is 15.9 Å².